The number of hydrogen-bond donors (Lipinski definition) is 1. The van der Waals surface area contributed by atoms with E-state index in [1.54, 1.807) is 12.1 Å². The number of nitrogens with two attached hydrogens (primary N) is 1. The Kier molecular flexibility index (Phi) is 4.00. The van der Waals surface area contributed by atoms with Crippen LogP contribution in [0.2, 0.25) is 0 Å². The second-order valence-electron chi connectivity index (χ2n) is 4.92. The van der Waals surface area contributed by atoms with E-state index in [1.165, 1.54) is 25.3 Å². The summed E-state index contributed by atoms with van der Waals surface area (Å²) in [6, 6.07) is 4.77. The zero-order chi connectivity index (χ0) is 12.3. The Labute approximate surface area is 102 Å². The van der Waals surface area contributed by atoms with Crippen LogP contribution in [-0.2, 0) is 11.3 Å². The summed E-state index contributed by atoms with van der Waals surface area (Å²) in [6.45, 7) is 2.49. The van der Waals surface area contributed by atoms with Crippen molar-refractivity contribution in [2.24, 2.45) is 5.92 Å². The Hall–Kier alpha value is -1.09. The molecule has 0 aromatic heterocycles. The first-order chi connectivity index (χ1) is 8.18. The Morgan fingerprint density at radius 3 is 2.82 bits per heavy atom. The SMILES string of the molecule is CC1CCCCC1OCc1c(N)cccc1F. The van der Waals surface area contributed by atoms with Crippen LogP contribution in [0.15, 0.2) is 18.2 Å². The molecule has 1 aliphatic carbocycles. The van der Waals surface area contributed by atoms with Crippen LogP contribution in [0.25, 0.3) is 0 Å². The van der Waals surface area contributed by atoms with Crippen molar-refractivity contribution < 1.29 is 9.13 Å². The summed E-state index contributed by atoms with van der Waals surface area (Å²) in [6.07, 6.45) is 5.03. The molecule has 1 fully saturated rings. The summed E-state index contributed by atoms with van der Waals surface area (Å²) in [5, 5.41) is 0. The van der Waals surface area contributed by atoms with Crippen molar-refractivity contribution in [3.63, 3.8) is 0 Å². The molecule has 0 bridgehead atoms. The molecular formula is C14H20FNO. The van der Waals surface area contributed by atoms with Crippen LogP contribution in [0.1, 0.15) is 38.2 Å². The molecule has 0 heterocycles. The number of benzene rings is 1. The van der Waals surface area contributed by atoms with E-state index >= 15 is 0 Å². The molecule has 2 rings (SSSR count). The highest BCUT2D eigenvalue weighted by Gasteiger charge is 2.22. The van der Waals surface area contributed by atoms with Gasteiger partial charge in [-0.25, -0.2) is 4.39 Å². The number of ether oxygens (including phenoxy) is 1. The number of rotatable bonds is 3. The first-order valence-corrected chi connectivity index (χ1v) is 6.33. The topological polar surface area (TPSA) is 35.2 Å². The lowest BCUT2D eigenvalue weighted by Crippen LogP contribution is -2.25. The van der Waals surface area contributed by atoms with E-state index in [0.717, 1.165) is 6.42 Å². The monoisotopic (exact) mass is 237 g/mol. The van der Waals surface area contributed by atoms with Crippen LogP contribution in [0.4, 0.5) is 10.1 Å². The molecular weight excluding hydrogens is 217 g/mol. The van der Waals surface area contributed by atoms with E-state index in [2.05, 4.69) is 6.92 Å². The number of nitrogen functional groups attached to an aromatic ring is 1. The summed E-state index contributed by atoms with van der Waals surface area (Å²) in [5.74, 6) is 0.296. The normalized spacial score (nSPS) is 24.8. The van der Waals surface area contributed by atoms with Crippen molar-refractivity contribution in [3.05, 3.63) is 29.6 Å². The molecule has 1 saturated carbocycles. The average molecular weight is 237 g/mol. The zero-order valence-electron chi connectivity index (χ0n) is 10.3. The van der Waals surface area contributed by atoms with E-state index < -0.39 is 0 Å². The lowest BCUT2D eigenvalue weighted by Gasteiger charge is -2.29. The van der Waals surface area contributed by atoms with Gasteiger partial charge in [-0.15, -0.1) is 0 Å². The minimum Gasteiger partial charge on any atom is -0.398 e. The first-order valence-electron chi connectivity index (χ1n) is 6.33. The quantitative estimate of drug-likeness (QED) is 0.816. The van der Waals surface area contributed by atoms with Gasteiger partial charge in [0.15, 0.2) is 0 Å². The molecule has 1 aromatic carbocycles. The van der Waals surface area contributed by atoms with E-state index in [0.29, 0.717) is 17.2 Å². The Balaban J connectivity index is 1.97. The standard InChI is InChI=1S/C14H20FNO/c1-10-5-2-3-8-14(10)17-9-11-12(15)6-4-7-13(11)16/h4,6-7,10,14H,2-3,5,8-9,16H2,1H3. The van der Waals surface area contributed by atoms with Crippen LogP contribution in [-0.4, -0.2) is 6.10 Å². The Morgan fingerprint density at radius 2 is 2.12 bits per heavy atom. The molecule has 3 heteroatoms. The Bertz CT molecular complexity index is 360. The fourth-order valence-electron chi connectivity index (χ4n) is 2.45. The fourth-order valence-corrected chi connectivity index (χ4v) is 2.45. The molecule has 1 aromatic rings. The largest absolute Gasteiger partial charge is 0.398 e. The summed E-state index contributed by atoms with van der Waals surface area (Å²) >= 11 is 0. The highest BCUT2D eigenvalue weighted by Crippen LogP contribution is 2.28. The van der Waals surface area contributed by atoms with Gasteiger partial charge in [0, 0.05) is 11.3 Å². The molecule has 94 valence electrons. The lowest BCUT2D eigenvalue weighted by atomic mass is 9.88. The lowest BCUT2D eigenvalue weighted by molar-refractivity contribution is -0.0162. The molecule has 1 aliphatic rings. The van der Waals surface area contributed by atoms with Gasteiger partial charge in [-0.1, -0.05) is 25.8 Å². The van der Waals surface area contributed by atoms with Gasteiger partial charge in [0.05, 0.1) is 12.7 Å². The summed E-state index contributed by atoms with van der Waals surface area (Å²) < 4.78 is 19.4. The highest BCUT2D eigenvalue weighted by molar-refractivity contribution is 5.46. The van der Waals surface area contributed by atoms with Gasteiger partial charge in [0.2, 0.25) is 0 Å². The van der Waals surface area contributed by atoms with Crippen molar-refractivity contribution in [2.45, 2.75) is 45.3 Å². The molecule has 0 amide bonds. The maximum atomic E-state index is 13.5. The number of anilines is 1. The van der Waals surface area contributed by atoms with E-state index in [-0.39, 0.29) is 18.5 Å². The maximum absolute atomic E-state index is 13.5. The second-order valence-corrected chi connectivity index (χ2v) is 4.92. The van der Waals surface area contributed by atoms with Gasteiger partial charge in [0.25, 0.3) is 0 Å². The van der Waals surface area contributed by atoms with E-state index in [4.69, 9.17) is 10.5 Å². The van der Waals surface area contributed by atoms with Gasteiger partial charge in [-0.3, -0.25) is 0 Å². The Morgan fingerprint density at radius 1 is 1.35 bits per heavy atom. The maximum Gasteiger partial charge on any atom is 0.130 e. The van der Waals surface area contributed by atoms with Crippen LogP contribution in [0.5, 0.6) is 0 Å². The van der Waals surface area contributed by atoms with Crippen molar-refractivity contribution in [3.8, 4) is 0 Å². The van der Waals surface area contributed by atoms with E-state index in [1.807, 2.05) is 0 Å². The second kappa shape index (κ2) is 5.50. The van der Waals surface area contributed by atoms with Crippen LogP contribution in [0.3, 0.4) is 0 Å². The zero-order valence-corrected chi connectivity index (χ0v) is 10.3. The molecule has 2 atom stereocenters. The first kappa shape index (κ1) is 12.4. The van der Waals surface area contributed by atoms with Gasteiger partial charge in [-0.05, 0) is 30.9 Å². The molecule has 0 saturated heterocycles. The van der Waals surface area contributed by atoms with Gasteiger partial charge < -0.3 is 10.5 Å². The minimum absolute atomic E-state index is 0.253. The van der Waals surface area contributed by atoms with Gasteiger partial charge >= 0.3 is 0 Å². The minimum atomic E-state index is -0.270. The summed E-state index contributed by atoms with van der Waals surface area (Å²) in [4.78, 5) is 0. The van der Waals surface area contributed by atoms with Crippen molar-refractivity contribution >= 4 is 5.69 Å². The third kappa shape index (κ3) is 2.97. The molecule has 0 aliphatic heterocycles. The molecule has 0 radical (unpaired) electrons. The van der Waals surface area contributed by atoms with E-state index in [9.17, 15) is 4.39 Å². The fraction of sp³-hybridized carbons (Fsp3) is 0.571. The smallest absolute Gasteiger partial charge is 0.130 e. The predicted molar refractivity (Wildman–Crippen MR) is 67.0 cm³/mol. The van der Waals surface area contributed by atoms with Gasteiger partial charge in [-0.2, -0.15) is 0 Å². The predicted octanol–water partition coefficient (Wildman–Crippen LogP) is 3.50. The third-order valence-corrected chi connectivity index (χ3v) is 3.63. The van der Waals surface area contributed by atoms with Crippen molar-refractivity contribution in [1.82, 2.24) is 0 Å². The van der Waals surface area contributed by atoms with Crippen LogP contribution < -0.4 is 5.73 Å². The van der Waals surface area contributed by atoms with Gasteiger partial charge in [0.1, 0.15) is 5.82 Å². The molecule has 17 heavy (non-hydrogen) atoms. The number of halogens is 1. The molecule has 2 unspecified atom stereocenters. The number of hydrogen-bond acceptors (Lipinski definition) is 2. The average Bonchev–Trinajstić information content (AvgIpc) is 2.30. The third-order valence-electron chi connectivity index (χ3n) is 3.63. The molecule has 0 spiro atoms. The highest BCUT2D eigenvalue weighted by atomic mass is 19.1. The molecule has 2 N–H and O–H groups in total. The summed E-state index contributed by atoms with van der Waals surface area (Å²) in [7, 11) is 0. The van der Waals surface area contributed by atoms with Crippen LogP contribution >= 0.6 is 0 Å². The van der Waals surface area contributed by atoms with Crippen LogP contribution in [0, 0.1) is 11.7 Å². The summed E-state index contributed by atoms with van der Waals surface area (Å²) in [5.41, 5.74) is 6.72. The van der Waals surface area contributed by atoms with Crippen molar-refractivity contribution in [2.75, 3.05) is 5.73 Å². The van der Waals surface area contributed by atoms with Crippen molar-refractivity contribution in [1.29, 1.82) is 0 Å². The molecule has 2 nitrogen and oxygen atoms in total.